The molecule has 0 aromatic carbocycles. The number of rotatable bonds is 38. The highest BCUT2D eigenvalue weighted by molar-refractivity contribution is 7.45. The zero-order valence-electron chi connectivity index (χ0n) is 34.5. The maximum absolute atomic E-state index is 12.8. The van der Waals surface area contributed by atoms with E-state index in [1.54, 1.807) is 6.08 Å². The van der Waals surface area contributed by atoms with Crippen LogP contribution in [0.4, 0.5) is 0 Å². The molecule has 0 aromatic heterocycles. The number of phosphoric acid groups is 1. The predicted molar refractivity (Wildman–Crippen MR) is 219 cm³/mol. The average molecular weight is 755 g/mol. The monoisotopic (exact) mass is 755 g/mol. The van der Waals surface area contributed by atoms with Crippen LogP contribution in [0.3, 0.4) is 0 Å². The van der Waals surface area contributed by atoms with Crippen molar-refractivity contribution in [3.63, 3.8) is 0 Å². The topological polar surface area (TPSA) is 108 Å². The van der Waals surface area contributed by atoms with E-state index >= 15 is 0 Å². The quantitative estimate of drug-likeness (QED) is 0.0281. The number of phosphoric ester groups is 1. The van der Waals surface area contributed by atoms with Crippen LogP contribution >= 0.6 is 7.82 Å². The number of aliphatic hydroxyl groups is 1. The van der Waals surface area contributed by atoms with E-state index < -0.39 is 26.6 Å². The Balaban J connectivity index is 4.43. The van der Waals surface area contributed by atoms with E-state index in [4.69, 9.17) is 9.05 Å². The van der Waals surface area contributed by atoms with Gasteiger partial charge in [-0.1, -0.05) is 172 Å². The maximum atomic E-state index is 12.8. The van der Waals surface area contributed by atoms with Gasteiger partial charge < -0.3 is 28.8 Å². The van der Waals surface area contributed by atoms with Gasteiger partial charge in [0.25, 0.3) is 7.82 Å². The number of aliphatic hydroxyl groups excluding tert-OH is 1. The molecule has 9 heteroatoms. The Labute approximate surface area is 321 Å². The highest BCUT2D eigenvalue weighted by Gasteiger charge is 2.23. The molecule has 0 rings (SSSR count). The minimum atomic E-state index is -4.59. The first-order valence-corrected chi connectivity index (χ1v) is 22.8. The smallest absolute Gasteiger partial charge is 0.268 e. The van der Waals surface area contributed by atoms with Crippen LogP contribution in [0.1, 0.15) is 181 Å². The van der Waals surface area contributed by atoms with Gasteiger partial charge in [-0.15, -0.1) is 0 Å². The van der Waals surface area contributed by atoms with Gasteiger partial charge in [-0.2, -0.15) is 0 Å². The molecule has 0 aliphatic carbocycles. The molecule has 0 aliphatic heterocycles. The normalized spacial score (nSPS) is 14.8. The van der Waals surface area contributed by atoms with E-state index in [0.717, 1.165) is 51.4 Å². The number of amides is 1. The second-order valence-corrected chi connectivity index (χ2v) is 17.1. The first-order chi connectivity index (χ1) is 25.0. The van der Waals surface area contributed by atoms with Gasteiger partial charge in [-0.3, -0.25) is 9.36 Å². The van der Waals surface area contributed by atoms with Gasteiger partial charge in [0.15, 0.2) is 0 Å². The number of hydrogen-bond donors (Lipinski definition) is 2. The largest absolute Gasteiger partial charge is 0.756 e. The van der Waals surface area contributed by atoms with Gasteiger partial charge in [0.2, 0.25) is 5.91 Å². The summed E-state index contributed by atoms with van der Waals surface area (Å²) in [5.74, 6) is -0.212. The molecular weight excluding hydrogens is 671 g/mol. The van der Waals surface area contributed by atoms with Crippen molar-refractivity contribution in [2.45, 2.75) is 193 Å². The second-order valence-electron chi connectivity index (χ2n) is 15.7. The molecular formula is C43H83N2O6P. The molecule has 3 atom stereocenters. The summed E-state index contributed by atoms with van der Waals surface area (Å²) in [6, 6.07) is -0.904. The van der Waals surface area contributed by atoms with Crippen LogP contribution in [0, 0.1) is 0 Å². The Kier molecular flexibility index (Phi) is 34.6. The SMILES string of the molecule is CCCC/C=C/CC/C=C/CC/C=C/C(O)C(COP(=O)([O-])OCC[N+](C)(C)C)NC(=O)CCCCCCCCCCCCCCCCCCCC. The molecule has 0 aromatic rings. The number of nitrogens with zero attached hydrogens (tertiary/aromatic N) is 1. The zero-order valence-corrected chi connectivity index (χ0v) is 35.4. The lowest BCUT2D eigenvalue weighted by atomic mass is 10.0. The predicted octanol–water partition coefficient (Wildman–Crippen LogP) is 10.9. The van der Waals surface area contributed by atoms with Crippen molar-refractivity contribution in [2.24, 2.45) is 0 Å². The third kappa shape index (κ3) is 37.1. The molecule has 0 bridgehead atoms. The number of carbonyl (C=O) groups is 1. The van der Waals surface area contributed by atoms with Crippen LogP contribution in [-0.4, -0.2) is 68.5 Å². The molecule has 0 aliphatic rings. The number of allylic oxidation sites excluding steroid dienone is 5. The standard InChI is InChI=1S/C43H83N2O6P/c1-6-8-10-12-14-16-18-20-21-22-23-24-25-27-29-31-33-35-37-43(47)44-41(40-51-52(48,49)50-39-38-45(3,4)5)42(46)36-34-32-30-28-26-19-17-15-13-11-9-7-2/h13,15,26,28,34,36,41-42,46H,6-12,14,16-25,27,29-33,35,37-40H2,1-5H3,(H-,44,47,48,49)/b15-13+,28-26+,36-34+. The summed E-state index contributed by atoms with van der Waals surface area (Å²) in [7, 11) is 1.23. The maximum Gasteiger partial charge on any atom is 0.268 e. The highest BCUT2D eigenvalue weighted by atomic mass is 31.2. The number of nitrogens with one attached hydrogen (secondary N) is 1. The second kappa shape index (κ2) is 35.4. The lowest BCUT2D eigenvalue weighted by Gasteiger charge is -2.29. The molecule has 0 heterocycles. The van der Waals surface area contributed by atoms with E-state index in [2.05, 4.69) is 43.5 Å². The molecule has 0 radical (unpaired) electrons. The van der Waals surface area contributed by atoms with Crippen LogP contribution in [-0.2, 0) is 18.4 Å². The fourth-order valence-electron chi connectivity index (χ4n) is 5.88. The molecule has 0 saturated carbocycles. The third-order valence-corrected chi connectivity index (χ3v) is 10.3. The first kappa shape index (κ1) is 50.7. The van der Waals surface area contributed by atoms with Crippen LogP contribution in [0.25, 0.3) is 0 Å². The molecule has 3 unspecified atom stereocenters. The van der Waals surface area contributed by atoms with Gasteiger partial charge in [-0.25, -0.2) is 0 Å². The third-order valence-electron chi connectivity index (χ3n) is 9.33. The lowest BCUT2D eigenvalue weighted by Crippen LogP contribution is -2.45. The minimum Gasteiger partial charge on any atom is -0.756 e. The lowest BCUT2D eigenvalue weighted by molar-refractivity contribution is -0.870. The number of carbonyl (C=O) groups excluding carboxylic acids is 1. The molecule has 1 amide bonds. The van der Waals surface area contributed by atoms with E-state index in [1.807, 2.05) is 27.2 Å². The van der Waals surface area contributed by atoms with Crippen LogP contribution in [0.2, 0.25) is 0 Å². The summed E-state index contributed by atoms with van der Waals surface area (Å²) in [4.78, 5) is 25.2. The summed E-state index contributed by atoms with van der Waals surface area (Å²) in [5, 5.41) is 13.7. The van der Waals surface area contributed by atoms with Crippen molar-refractivity contribution >= 4 is 13.7 Å². The highest BCUT2D eigenvalue weighted by Crippen LogP contribution is 2.38. The van der Waals surface area contributed by atoms with E-state index in [1.165, 1.54) is 109 Å². The Morgan fingerprint density at radius 3 is 1.54 bits per heavy atom. The van der Waals surface area contributed by atoms with Gasteiger partial charge in [0.05, 0.1) is 39.9 Å². The van der Waals surface area contributed by atoms with Gasteiger partial charge in [0.1, 0.15) is 13.2 Å². The van der Waals surface area contributed by atoms with Crippen molar-refractivity contribution in [1.82, 2.24) is 5.32 Å². The first-order valence-electron chi connectivity index (χ1n) is 21.4. The number of unbranched alkanes of at least 4 members (excludes halogenated alkanes) is 21. The van der Waals surface area contributed by atoms with Gasteiger partial charge in [0, 0.05) is 6.42 Å². The Morgan fingerprint density at radius 2 is 1.08 bits per heavy atom. The molecule has 2 N–H and O–H groups in total. The molecule has 0 saturated heterocycles. The Morgan fingerprint density at radius 1 is 0.654 bits per heavy atom. The van der Waals surface area contributed by atoms with Crippen molar-refractivity contribution in [1.29, 1.82) is 0 Å². The van der Waals surface area contributed by atoms with Gasteiger partial charge >= 0.3 is 0 Å². The minimum absolute atomic E-state index is 0.00816. The zero-order chi connectivity index (χ0) is 38.6. The van der Waals surface area contributed by atoms with Crippen molar-refractivity contribution in [3.05, 3.63) is 36.5 Å². The summed E-state index contributed by atoms with van der Waals surface area (Å²) < 4.78 is 23.1. The van der Waals surface area contributed by atoms with Crippen LogP contribution in [0.15, 0.2) is 36.5 Å². The molecule has 306 valence electrons. The molecule has 0 fully saturated rings. The van der Waals surface area contributed by atoms with E-state index in [-0.39, 0.29) is 12.5 Å². The fourth-order valence-corrected chi connectivity index (χ4v) is 6.60. The molecule has 8 nitrogen and oxygen atoms in total. The Hall–Kier alpha value is -1.28. The molecule has 52 heavy (non-hydrogen) atoms. The van der Waals surface area contributed by atoms with E-state index in [9.17, 15) is 19.4 Å². The summed E-state index contributed by atoms with van der Waals surface area (Å²) in [5.41, 5.74) is 0. The van der Waals surface area contributed by atoms with Crippen LogP contribution in [0.5, 0.6) is 0 Å². The summed E-state index contributed by atoms with van der Waals surface area (Å²) in [6.45, 7) is 4.56. The number of quaternary nitrogens is 1. The van der Waals surface area contributed by atoms with E-state index in [0.29, 0.717) is 17.4 Å². The number of likely N-dealkylation sites (N-methyl/N-ethyl adjacent to an activating group) is 1. The van der Waals surface area contributed by atoms with Gasteiger partial charge in [-0.05, 0) is 38.5 Å². The average Bonchev–Trinajstić information content (AvgIpc) is 3.09. The summed E-state index contributed by atoms with van der Waals surface area (Å²) >= 11 is 0. The molecule has 0 spiro atoms. The Bertz CT molecular complexity index is 948. The van der Waals surface area contributed by atoms with Crippen molar-refractivity contribution in [2.75, 3.05) is 40.9 Å². The fraction of sp³-hybridized carbons (Fsp3) is 0.837. The summed E-state index contributed by atoms with van der Waals surface area (Å²) in [6.07, 6.45) is 41.9. The number of hydrogen-bond acceptors (Lipinski definition) is 6. The van der Waals surface area contributed by atoms with Crippen molar-refractivity contribution in [3.8, 4) is 0 Å². The van der Waals surface area contributed by atoms with Crippen LogP contribution < -0.4 is 10.2 Å². The van der Waals surface area contributed by atoms with Crippen molar-refractivity contribution < 1.29 is 32.9 Å².